The highest BCUT2D eigenvalue weighted by Crippen LogP contribution is 2.29. The number of benzene rings is 2. The van der Waals surface area contributed by atoms with E-state index in [1.807, 2.05) is 18.2 Å². The molecule has 1 atom stereocenters. The summed E-state index contributed by atoms with van der Waals surface area (Å²) in [6.45, 7) is 2.94. The van der Waals surface area contributed by atoms with Gasteiger partial charge >= 0.3 is 0 Å². The van der Waals surface area contributed by atoms with Gasteiger partial charge in [-0.1, -0.05) is 34.1 Å². The molecule has 2 rings (SSSR count). The van der Waals surface area contributed by atoms with E-state index in [2.05, 4.69) is 52.4 Å². The highest BCUT2D eigenvalue weighted by Gasteiger charge is 2.12. The van der Waals surface area contributed by atoms with Crippen molar-refractivity contribution < 1.29 is 9.47 Å². The van der Waals surface area contributed by atoms with Crippen molar-refractivity contribution in [1.29, 1.82) is 0 Å². The fourth-order valence-electron chi connectivity index (χ4n) is 2.16. The van der Waals surface area contributed by atoms with Gasteiger partial charge in [0.15, 0.2) is 0 Å². The lowest BCUT2D eigenvalue weighted by Crippen LogP contribution is -2.18. The first kappa shape index (κ1) is 15.9. The molecule has 0 saturated carbocycles. The van der Waals surface area contributed by atoms with Crippen molar-refractivity contribution >= 4 is 15.9 Å². The maximum atomic E-state index is 5.45. The highest BCUT2D eigenvalue weighted by molar-refractivity contribution is 9.10. The van der Waals surface area contributed by atoms with Gasteiger partial charge in [0.1, 0.15) is 11.5 Å². The summed E-state index contributed by atoms with van der Waals surface area (Å²) in [5, 5.41) is 3.51. The molecule has 0 spiro atoms. The molecule has 0 radical (unpaired) electrons. The van der Waals surface area contributed by atoms with Gasteiger partial charge in [-0.3, -0.25) is 0 Å². The largest absolute Gasteiger partial charge is 0.497 e. The van der Waals surface area contributed by atoms with E-state index in [9.17, 15) is 0 Å². The number of hydrogen-bond acceptors (Lipinski definition) is 3. The summed E-state index contributed by atoms with van der Waals surface area (Å²) in [5.41, 5.74) is 2.37. The molecule has 3 nitrogen and oxygen atoms in total. The van der Waals surface area contributed by atoms with Crippen LogP contribution in [0.5, 0.6) is 11.5 Å². The van der Waals surface area contributed by atoms with E-state index < -0.39 is 0 Å². The smallest absolute Gasteiger partial charge is 0.127 e. The van der Waals surface area contributed by atoms with Gasteiger partial charge in [0.25, 0.3) is 0 Å². The molecule has 0 saturated heterocycles. The third kappa shape index (κ3) is 4.22. The lowest BCUT2D eigenvalue weighted by molar-refractivity contribution is 0.386. The van der Waals surface area contributed by atoms with E-state index in [0.29, 0.717) is 0 Å². The quantitative estimate of drug-likeness (QED) is 0.842. The van der Waals surface area contributed by atoms with E-state index in [4.69, 9.17) is 9.47 Å². The van der Waals surface area contributed by atoms with E-state index in [-0.39, 0.29) is 6.04 Å². The molecule has 112 valence electrons. The first-order valence-electron chi connectivity index (χ1n) is 6.83. The van der Waals surface area contributed by atoms with Gasteiger partial charge < -0.3 is 14.8 Å². The lowest BCUT2D eigenvalue weighted by Gasteiger charge is -2.18. The van der Waals surface area contributed by atoms with Crippen LogP contribution in [-0.2, 0) is 6.54 Å². The Morgan fingerprint density at radius 1 is 1.05 bits per heavy atom. The second-order valence-electron chi connectivity index (χ2n) is 4.84. The van der Waals surface area contributed by atoms with Crippen molar-refractivity contribution in [3.8, 4) is 11.5 Å². The van der Waals surface area contributed by atoms with Gasteiger partial charge in [0.2, 0.25) is 0 Å². The third-order valence-electron chi connectivity index (χ3n) is 3.43. The fraction of sp³-hybridized carbons (Fsp3) is 0.294. The van der Waals surface area contributed by atoms with Crippen LogP contribution in [0.3, 0.4) is 0 Å². The molecule has 0 heterocycles. The Kier molecular flexibility index (Phi) is 5.65. The van der Waals surface area contributed by atoms with Crippen LogP contribution >= 0.6 is 15.9 Å². The van der Waals surface area contributed by atoms with Crippen LogP contribution < -0.4 is 14.8 Å². The monoisotopic (exact) mass is 349 g/mol. The molecule has 0 fully saturated rings. The summed E-state index contributed by atoms with van der Waals surface area (Å²) in [4.78, 5) is 0. The molecular formula is C17H20BrNO2. The molecule has 0 aliphatic heterocycles. The molecule has 4 heteroatoms. The maximum Gasteiger partial charge on any atom is 0.127 e. The van der Waals surface area contributed by atoms with Gasteiger partial charge in [-0.2, -0.15) is 0 Å². The number of rotatable bonds is 6. The van der Waals surface area contributed by atoms with Crippen LogP contribution in [-0.4, -0.2) is 14.2 Å². The van der Waals surface area contributed by atoms with Crippen molar-refractivity contribution in [1.82, 2.24) is 5.32 Å². The predicted octanol–water partition coefficient (Wildman–Crippen LogP) is 4.32. The van der Waals surface area contributed by atoms with Gasteiger partial charge in [0, 0.05) is 28.7 Å². The Morgan fingerprint density at radius 2 is 1.76 bits per heavy atom. The Balaban J connectivity index is 2.05. The number of hydrogen-bond donors (Lipinski definition) is 1. The zero-order valence-electron chi connectivity index (χ0n) is 12.5. The molecule has 0 aromatic heterocycles. The van der Waals surface area contributed by atoms with Crippen LogP contribution in [0.25, 0.3) is 0 Å². The summed E-state index contributed by atoms with van der Waals surface area (Å²) >= 11 is 3.45. The standard InChI is InChI=1S/C17H20BrNO2/c1-12(19-11-13-4-6-14(18)7-5-13)16-9-8-15(20-2)10-17(16)21-3/h4-10,12,19H,11H2,1-3H3. The predicted molar refractivity (Wildman–Crippen MR) is 88.9 cm³/mol. The molecule has 0 amide bonds. The Labute approximate surface area is 134 Å². The molecule has 2 aromatic rings. The van der Waals surface area contributed by atoms with Crippen molar-refractivity contribution in [2.45, 2.75) is 19.5 Å². The summed E-state index contributed by atoms with van der Waals surface area (Å²) in [7, 11) is 3.34. The minimum atomic E-state index is 0.189. The first-order chi connectivity index (χ1) is 10.1. The molecule has 0 aliphatic carbocycles. The van der Waals surface area contributed by atoms with Crippen LogP contribution in [0, 0.1) is 0 Å². The zero-order chi connectivity index (χ0) is 15.2. The van der Waals surface area contributed by atoms with Gasteiger partial charge in [0.05, 0.1) is 14.2 Å². The molecule has 0 aliphatic rings. The van der Waals surface area contributed by atoms with Crippen LogP contribution in [0.2, 0.25) is 0 Å². The molecular weight excluding hydrogens is 330 g/mol. The minimum absolute atomic E-state index is 0.189. The van der Waals surface area contributed by atoms with E-state index in [1.54, 1.807) is 14.2 Å². The van der Waals surface area contributed by atoms with Crippen molar-refractivity contribution in [3.05, 3.63) is 58.1 Å². The molecule has 2 aromatic carbocycles. The number of halogens is 1. The van der Waals surface area contributed by atoms with E-state index in [0.717, 1.165) is 28.1 Å². The zero-order valence-corrected chi connectivity index (χ0v) is 14.1. The SMILES string of the molecule is COc1ccc(C(C)NCc2ccc(Br)cc2)c(OC)c1. The van der Waals surface area contributed by atoms with Crippen molar-refractivity contribution in [3.63, 3.8) is 0 Å². The second-order valence-corrected chi connectivity index (χ2v) is 5.75. The first-order valence-corrected chi connectivity index (χ1v) is 7.63. The summed E-state index contributed by atoms with van der Waals surface area (Å²) in [5.74, 6) is 1.64. The Morgan fingerprint density at radius 3 is 2.38 bits per heavy atom. The summed E-state index contributed by atoms with van der Waals surface area (Å²) < 4.78 is 11.8. The summed E-state index contributed by atoms with van der Waals surface area (Å²) in [6, 6.07) is 14.4. The van der Waals surface area contributed by atoms with E-state index in [1.165, 1.54) is 5.56 Å². The van der Waals surface area contributed by atoms with Crippen LogP contribution in [0.1, 0.15) is 24.1 Å². The van der Waals surface area contributed by atoms with Crippen LogP contribution in [0.4, 0.5) is 0 Å². The van der Waals surface area contributed by atoms with Gasteiger partial charge in [-0.15, -0.1) is 0 Å². The topological polar surface area (TPSA) is 30.5 Å². The summed E-state index contributed by atoms with van der Waals surface area (Å²) in [6.07, 6.45) is 0. The maximum absolute atomic E-state index is 5.45. The molecule has 0 bridgehead atoms. The number of nitrogens with one attached hydrogen (secondary N) is 1. The van der Waals surface area contributed by atoms with E-state index >= 15 is 0 Å². The molecule has 21 heavy (non-hydrogen) atoms. The number of methoxy groups -OCH3 is 2. The van der Waals surface area contributed by atoms with Crippen molar-refractivity contribution in [2.24, 2.45) is 0 Å². The lowest BCUT2D eigenvalue weighted by atomic mass is 10.1. The van der Waals surface area contributed by atoms with Crippen LogP contribution in [0.15, 0.2) is 46.9 Å². The molecule has 1 N–H and O–H groups in total. The fourth-order valence-corrected chi connectivity index (χ4v) is 2.42. The minimum Gasteiger partial charge on any atom is -0.497 e. The Bertz CT molecular complexity index is 584. The normalized spacial score (nSPS) is 12.0. The van der Waals surface area contributed by atoms with Gasteiger partial charge in [-0.25, -0.2) is 0 Å². The Hall–Kier alpha value is -1.52. The van der Waals surface area contributed by atoms with Crippen molar-refractivity contribution in [2.75, 3.05) is 14.2 Å². The average Bonchev–Trinajstić information content (AvgIpc) is 2.53. The second kappa shape index (κ2) is 7.48. The average molecular weight is 350 g/mol. The number of ether oxygens (including phenoxy) is 2. The highest BCUT2D eigenvalue weighted by atomic mass is 79.9. The van der Waals surface area contributed by atoms with Gasteiger partial charge in [-0.05, 0) is 30.7 Å². The molecule has 1 unspecified atom stereocenters. The third-order valence-corrected chi connectivity index (χ3v) is 3.96.